The predicted octanol–water partition coefficient (Wildman–Crippen LogP) is 23.6. The van der Waals surface area contributed by atoms with E-state index < -0.39 is 152 Å². The molecule has 1 aliphatic rings. The number of carbonyl (C=O) groups excluding carboxylic acids is 6. The van der Waals surface area contributed by atoms with Gasteiger partial charge < -0.3 is 68.8 Å². The van der Waals surface area contributed by atoms with Crippen molar-refractivity contribution in [3.8, 4) is 0 Å². The molecule has 8 N–H and O–H groups in total. The fourth-order valence-corrected chi connectivity index (χ4v) is 17.2. The van der Waals surface area contributed by atoms with Gasteiger partial charge in [-0.2, -0.15) is 0 Å². The SMILES string of the molecule is CCCCCCCCCCCCCC(=O)O[C@H](CCCCCCCCCCC)CC(=O)NCC(CO)(COC1OC(CO)[C@@H](OP(=O)(O)O)[C@H](OC(=O)C[C@@H](CCCCCCCCCCC)OC(=O)CCCCCCCCCCCCC)[C@@H]1NC(=O)C[C@@H](CCCCCCCCCCC)OC(=O)CCCCCCCCCCCCC)COP(=O)(O)O. The number of unbranched alkanes of at least 4 members (excludes halogenated alkanes) is 54. The Labute approximate surface area is 735 Å². The van der Waals surface area contributed by atoms with Gasteiger partial charge in [-0.1, -0.05) is 388 Å². The number of aliphatic hydroxyl groups is 2. The summed E-state index contributed by atoms with van der Waals surface area (Å²) in [5.74, 6) is -3.96. The number of ether oxygens (including phenoxy) is 6. The highest BCUT2D eigenvalue weighted by Gasteiger charge is 2.53. The highest BCUT2D eigenvalue weighted by atomic mass is 31.2. The highest BCUT2D eigenvalue weighted by Crippen LogP contribution is 2.44. The number of aliphatic hydroxyl groups excluding tert-OH is 2. The van der Waals surface area contributed by atoms with Crippen molar-refractivity contribution in [3.63, 3.8) is 0 Å². The normalized spacial score (nSPS) is 16.9. The molecule has 0 bridgehead atoms. The fraction of sp³-hybridized carbons (Fsp3) is 0.937. The molecule has 0 aromatic rings. The van der Waals surface area contributed by atoms with E-state index in [0.29, 0.717) is 44.9 Å². The minimum atomic E-state index is -5.64. The second-order valence-corrected chi connectivity index (χ2v) is 37.9. The molecule has 26 heteroatoms. The summed E-state index contributed by atoms with van der Waals surface area (Å²) < 4.78 is 73.7. The average Bonchev–Trinajstić information content (AvgIpc) is 0.776. The third-order valence-corrected chi connectivity index (χ3v) is 24.7. The van der Waals surface area contributed by atoms with Gasteiger partial charge in [0.2, 0.25) is 11.8 Å². The van der Waals surface area contributed by atoms with Gasteiger partial charge in [0, 0.05) is 25.8 Å². The molecule has 2 amide bonds. The zero-order valence-corrected chi connectivity index (χ0v) is 79.3. The number of amides is 2. The number of phosphoric ester groups is 2. The molecular weight excluding hydrogens is 1580 g/mol. The van der Waals surface area contributed by atoms with E-state index in [9.17, 15) is 62.9 Å². The molecule has 121 heavy (non-hydrogen) atoms. The van der Waals surface area contributed by atoms with Crippen molar-refractivity contribution in [1.82, 2.24) is 10.6 Å². The molecule has 714 valence electrons. The van der Waals surface area contributed by atoms with Gasteiger partial charge in [0.05, 0.1) is 51.1 Å². The van der Waals surface area contributed by atoms with Crippen LogP contribution < -0.4 is 10.6 Å². The van der Waals surface area contributed by atoms with Gasteiger partial charge in [0.25, 0.3) is 0 Å². The van der Waals surface area contributed by atoms with Gasteiger partial charge in [0.15, 0.2) is 12.4 Å². The minimum absolute atomic E-state index is 0.103. The molecule has 0 aromatic carbocycles. The molecule has 1 aliphatic heterocycles. The van der Waals surface area contributed by atoms with Gasteiger partial charge in [-0.3, -0.25) is 37.8 Å². The first-order valence-corrected chi connectivity index (χ1v) is 52.8. The average molecular weight is 1770 g/mol. The molecule has 1 saturated heterocycles. The summed E-state index contributed by atoms with van der Waals surface area (Å²) >= 11 is 0. The number of rotatable bonds is 89. The first-order chi connectivity index (χ1) is 58.5. The van der Waals surface area contributed by atoms with Crippen LogP contribution >= 0.6 is 15.6 Å². The lowest BCUT2D eigenvalue weighted by Crippen LogP contribution is -2.67. The van der Waals surface area contributed by atoms with E-state index in [0.717, 1.165) is 205 Å². The molecule has 1 rings (SSSR count). The zero-order chi connectivity index (χ0) is 89.0. The van der Waals surface area contributed by atoms with E-state index >= 15 is 4.79 Å². The van der Waals surface area contributed by atoms with Crippen LogP contribution in [0.2, 0.25) is 0 Å². The third kappa shape index (κ3) is 68.7. The predicted molar refractivity (Wildman–Crippen MR) is 483 cm³/mol. The van der Waals surface area contributed by atoms with Gasteiger partial charge >= 0.3 is 39.5 Å². The van der Waals surface area contributed by atoms with Crippen molar-refractivity contribution in [2.45, 2.75) is 534 Å². The molecule has 9 atom stereocenters. The van der Waals surface area contributed by atoms with Crippen molar-refractivity contribution in [2.75, 3.05) is 33.0 Å². The molecule has 24 nitrogen and oxygen atoms in total. The quantitative estimate of drug-likeness (QED) is 0.0121. The first-order valence-electron chi connectivity index (χ1n) is 49.8. The van der Waals surface area contributed by atoms with E-state index in [1.165, 1.54) is 141 Å². The zero-order valence-electron chi connectivity index (χ0n) is 77.6. The summed E-state index contributed by atoms with van der Waals surface area (Å²) in [5.41, 5.74) is -1.99. The standard InChI is InChI=1S/C95H182N2O22P2/c1-7-13-19-25-31-37-40-46-52-58-64-70-87(102)114-81(67-61-55-49-43-34-28-22-16-10-4)73-85(100)96-77-95(78-99,80-113-120(106,107)108)79-112-94-91(97-86(101)74-82(68-62-56-50-44-35-29-23-17-11-5)115-88(103)71-65-59-53-47-41-38-32-26-20-14-8-2)93(92(84(76-98)117-94)119-121(109,110)111)118-90(105)75-83(69-63-57-51-45-36-30-24-18-12-6)116-89(104)72-66-60-54-48-42-39-33-27-21-15-9-3/h81-84,91-94,98-99H,7-80H2,1-6H3,(H,96,100)(H,97,101)(H2,106,107,108)(H2,109,110,111)/t81-,82-,83-,84?,91+,92-,93-,94?,95?/m1/s1. The van der Waals surface area contributed by atoms with Gasteiger partial charge in [-0.15, -0.1) is 0 Å². The van der Waals surface area contributed by atoms with E-state index in [-0.39, 0.29) is 38.5 Å². The van der Waals surface area contributed by atoms with Crippen LogP contribution in [0.5, 0.6) is 0 Å². The van der Waals surface area contributed by atoms with E-state index in [4.69, 9.17) is 37.5 Å². The Morgan fingerprint density at radius 3 is 0.934 bits per heavy atom. The lowest BCUT2D eigenvalue weighted by atomic mass is 9.90. The fourth-order valence-electron chi connectivity index (χ4n) is 16.1. The Bertz CT molecular complexity index is 2580. The second-order valence-electron chi connectivity index (χ2n) is 35.5. The third-order valence-electron chi connectivity index (χ3n) is 23.7. The number of carbonyl (C=O) groups is 6. The van der Waals surface area contributed by atoms with Crippen LogP contribution in [0.1, 0.15) is 485 Å². The summed E-state index contributed by atoms with van der Waals surface area (Å²) in [6, 6.07) is -1.86. The van der Waals surface area contributed by atoms with Gasteiger partial charge in [0.1, 0.15) is 36.6 Å². The molecule has 1 fully saturated rings. The Morgan fingerprint density at radius 1 is 0.355 bits per heavy atom. The number of esters is 4. The van der Waals surface area contributed by atoms with Crippen molar-refractivity contribution in [3.05, 3.63) is 0 Å². The molecule has 0 saturated carbocycles. The molecule has 0 aromatic heterocycles. The minimum Gasteiger partial charge on any atom is -0.462 e. The maximum absolute atomic E-state index is 15.1. The number of hydrogen-bond acceptors (Lipinski definition) is 18. The molecular formula is C95H182N2O22P2. The van der Waals surface area contributed by atoms with Crippen molar-refractivity contribution in [1.29, 1.82) is 0 Å². The Morgan fingerprint density at radius 2 is 0.645 bits per heavy atom. The number of hydrogen-bond donors (Lipinski definition) is 8. The Hall–Kier alpha value is -3.12. The number of phosphoric acid groups is 2. The molecule has 0 aliphatic carbocycles. The Balaban J connectivity index is 4.00. The molecule has 3 unspecified atom stereocenters. The van der Waals surface area contributed by atoms with E-state index in [1.54, 1.807) is 0 Å². The summed E-state index contributed by atoms with van der Waals surface area (Å²) in [5, 5.41) is 28.2. The summed E-state index contributed by atoms with van der Waals surface area (Å²) in [6.45, 7) is 8.66. The summed E-state index contributed by atoms with van der Waals surface area (Å²) in [7, 11) is -11.0. The molecule has 0 spiro atoms. The van der Waals surface area contributed by atoms with Gasteiger partial charge in [-0.05, 0) is 57.8 Å². The maximum Gasteiger partial charge on any atom is 0.470 e. The van der Waals surface area contributed by atoms with Crippen LogP contribution in [-0.2, 0) is 75.4 Å². The van der Waals surface area contributed by atoms with E-state index in [1.807, 2.05) is 0 Å². The monoisotopic (exact) mass is 1770 g/mol. The number of nitrogens with one attached hydrogen (secondary N) is 2. The lowest BCUT2D eigenvalue weighted by molar-refractivity contribution is -0.278. The Kier molecular flexibility index (Phi) is 75.7. The van der Waals surface area contributed by atoms with Crippen molar-refractivity contribution in [2.24, 2.45) is 5.41 Å². The molecule has 0 radical (unpaired) electrons. The highest BCUT2D eigenvalue weighted by molar-refractivity contribution is 7.46. The molecule has 1 heterocycles. The van der Waals surface area contributed by atoms with Crippen molar-refractivity contribution < 1.29 is 105 Å². The van der Waals surface area contributed by atoms with Crippen LogP contribution in [0.15, 0.2) is 0 Å². The maximum atomic E-state index is 15.1. The van der Waals surface area contributed by atoms with Crippen LogP contribution in [0.3, 0.4) is 0 Å². The smallest absolute Gasteiger partial charge is 0.462 e. The lowest BCUT2D eigenvalue weighted by Gasteiger charge is -2.46. The van der Waals surface area contributed by atoms with E-state index in [2.05, 4.69) is 52.2 Å². The first kappa shape index (κ1) is 116. The van der Waals surface area contributed by atoms with Gasteiger partial charge in [-0.25, -0.2) is 9.13 Å². The van der Waals surface area contributed by atoms with Crippen LogP contribution in [-0.4, -0.2) is 147 Å². The largest absolute Gasteiger partial charge is 0.470 e. The van der Waals surface area contributed by atoms with Crippen LogP contribution in [0.25, 0.3) is 0 Å². The van der Waals surface area contributed by atoms with Crippen molar-refractivity contribution >= 4 is 51.3 Å². The topological polar surface area (TPSA) is 356 Å². The van der Waals surface area contributed by atoms with Crippen LogP contribution in [0.4, 0.5) is 0 Å². The summed E-state index contributed by atoms with van der Waals surface area (Å²) in [6.07, 6.45) is 52.4. The summed E-state index contributed by atoms with van der Waals surface area (Å²) in [4.78, 5) is 127. The second kappa shape index (κ2) is 79.1. The van der Waals surface area contributed by atoms with Crippen LogP contribution in [0, 0.1) is 5.41 Å².